The smallest absolute Gasteiger partial charge is 0.245 e. The van der Waals surface area contributed by atoms with E-state index in [1.165, 1.54) is 35.2 Å². The zero-order valence-electron chi connectivity index (χ0n) is 25.9. The zero-order valence-corrected chi connectivity index (χ0v) is 26.7. The number of piperazine rings is 1. The normalized spacial score (nSPS) is 19.5. The summed E-state index contributed by atoms with van der Waals surface area (Å²) < 4.78 is 0. The molecule has 2 atom stereocenters. The average molecular weight is 629 g/mol. The molecule has 2 saturated heterocycles. The van der Waals surface area contributed by atoms with Gasteiger partial charge in [0.15, 0.2) is 0 Å². The van der Waals surface area contributed by atoms with Gasteiger partial charge in [-0.1, -0.05) is 66.2 Å². The lowest BCUT2D eigenvalue weighted by atomic mass is 9.95. The number of para-hydroxylation sites is 1. The Kier molecular flexibility index (Phi) is 10.7. The van der Waals surface area contributed by atoms with E-state index in [4.69, 9.17) is 11.6 Å². The second-order valence-corrected chi connectivity index (χ2v) is 13.0. The molecule has 3 aliphatic rings. The lowest BCUT2D eigenvalue weighted by Gasteiger charge is -2.38. The Morgan fingerprint density at radius 3 is 2.38 bits per heavy atom. The molecule has 3 heterocycles. The van der Waals surface area contributed by atoms with Crippen LogP contribution in [0.4, 0.5) is 5.69 Å². The summed E-state index contributed by atoms with van der Waals surface area (Å²) in [5, 5.41) is 14.3. The maximum Gasteiger partial charge on any atom is 0.245 e. The monoisotopic (exact) mass is 628 g/mol. The van der Waals surface area contributed by atoms with E-state index >= 15 is 0 Å². The highest BCUT2D eigenvalue weighted by atomic mass is 35.5. The van der Waals surface area contributed by atoms with Crippen LogP contribution in [0.2, 0.25) is 5.02 Å². The van der Waals surface area contributed by atoms with Crippen LogP contribution in [0.25, 0.3) is 0 Å². The van der Waals surface area contributed by atoms with Gasteiger partial charge in [-0.05, 0) is 85.3 Å². The van der Waals surface area contributed by atoms with Crippen LogP contribution in [0.5, 0.6) is 0 Å². The molecule has 0 spiro atoms. The minimum atomic E-state index is -0.657. The summed E-state index contributed by atoms with van der Waals surface area (Å²) in [5.41, 5.74) is 5.88. The Morgan fingerprint density at radius 2 is 1.60 bits per heavy atom. The van der Waals surface area contributed by atoms with E-state index in [2.05, 4.69) is 62.6 Å². The molecule has 238 valence electrons. The van der Waals surface area contributed by atoms with Crippen LogP contribution in [0.3, 0.4) is 0 Å². The number of carbonyl (C=O) groups excluding carboxylic acids is 2. The number of rotatable bonds is 10. The van der Waals surface area contributed by atoms with Crippen molar-refractivity contribution >= 4 is 29.1 Å². The minimum absolute atomic E-state index is 0.0360. The molecular formula is C36H45ClN6O2. The number of carbonyl (C=O) groups is 2. The van der Waals surface area contributed by atoms with Crippen molar-refractivity contribution in [1.29, 1.82) is 0 Å². The van der Waals surface area contributed by atoms with Gasteiger partial charge in [-0.25, -0.2) is 0 Å². The van der Waals surface area contributed by atoms with Gasteiger partial charge in [0.05, 0.1) is 6.04 Å². The number of hydrogen-bond donors (Lipinski definition) is 4. The predicted octanol–water partition coefficient (Wildman–Crippen LogP) is 3.52. The summed E-state index contributed by atoms with van der Waals surface area (Å²) in [7, 11) is 0. The second-order valence-electron chi connectivity index (χ2n) is 12.6. The van der Waals surface area contributed by atoms with E-state index < -0.39 is 6.04 Å². The van der Waals surface area contributed by atoms with E-state index in [0.29, 0.717) is 37.5 Å². The van der Waals surface area contributed by atoms with E-state index in [1.54, 1.807) is 0 Å². The number of nitrogens with zero attached hydrogens (tertiary/aromatic N) is 2. The van der Waals surface area contributed by atoms with Crippen molar-refractivity contribution < 1.29 is 9.59 Å². The minimum Gasteiger partial charge on any atom is -0.368 e. The first-order valence-electron chi connectivity index (χ1n) is 16.4. The SMILES string of the molecule is O=C(N[C@H](Cc1ccc(Cl)cc1)C(=O)N1CCN(c2ccccc2CNCC2CCNCC2)CC1)[C@H]1Cc2ccccc2CN1. The van der Waals surface area contributed by atoms with Gasteiger partial charge in [-0.2, -0.15) is 0 Å². The summed E-state index contributed by atoms with van der Waals surface area (Å²) in [6.45, 7) is 7.47. The molecule has 45 heavy (non-hydrogen) atoms. The zero-order chi connectivity index (χ0) is 31.0. The van der Waals surface area contributed by atoms with Gasteiger partial charge in [0.25, 0.3) is 0 Å². The van der Waals surface area contributed by atoms with Gasteiger partial charge in [0.2, 0.25) is 11.8 Å². The van der Waals surface area contributed by atoms with E-state index in [1.807, 2.05) is 41.3 Å². The third-order valence-corrected chi connectivity index (χ3v) is 9.75. The van der Waals surface area contributed by atoms with Crippen molar-refractivity contribution in [3.05, 3.63) is 100 Å². The quantitative estimate of drug-likeness (QED) is 0.275. The summed E-state index contributed by atoms with van der Waals surface area (Å²) in [5.74, 6) is 0.562. The summed E-state index contributed by atoms with van der Waals surface area (Å²) in [6, 6.07) is 23.3. The van der Waals surface area contributed by atoms with Crippen molar-refractivity contribution in [3.63, 3.8) is 0 Å². The number of nitrogens with one attached hydrogen (secondary N) is 4. The molecule has 0 saturated carbocycles. The Bertz CT molecular complexity index is 1440. The lowest BCUT2D eigenvalue weighted by molar-refractivity contribution is -0.137. The van der Waals surface area contributed by atoms with Gasteiger partial charge in [0, 0.05) is 56.4 Å². The first kappa shape index (κ1) is 31.5. The average Bonchev–Trinajstić information content (AvgIpc) is 3.09. The van der Waals surface area contributed by atoms with E-state index in [-0.39, 0.29) is 17.9 Å². The summed E-state index contributed by atoms with van der Waals surface area (Å²) in [6.07, 6.45) is 3.48. The van der Waals surface area contributed by atoms with Crippen molar-refractivity contribution in [2.45, 2.75) is 50.9 Å². The van der Waals surface area contributed by atoms with Crippen LogP contribution in [0.15, 0.2) is 72.8 Å². The van der Waals surface area contributed by atoms with Gasteiger partial charge >= 0.3 is 0 Å². The van der Waals surface area contributed by atoms with Crippen molar-refractivity contribution in [3.8, 4) is 0 Å². The highest BCUT2D eigenvalue weighted by Crippen LogP contribution is 2.23. The fraction of sp³-hybridized carbons (Fsp3) is 0.444. The van der Waals surface area contributed by atoms with Crippen LogP contribution in [-0.4, -0.2) is 74.6 Å². The molecule has 0 bridgehead atoms. The first-order valence-corrected chi connectivity index (χ1v) is 16.8. The molecule has 0 radical (unpaired) electrons. The molecule has 0 unspecified atom stereocenters. The third kappa shape index (κ3) is 8.24. The maximum absolute atomic E-state index is 14.0. The number of amides is 2. The number of fused-ring (bicyclic) bond motifs is 1. The Morgan fingerprint density at radius 1 is 0.889 bits per heavy atom. The number of piperidine rings is 1. The molecule has 2 fully saturated rings. The predicted molar refractivity (Wildman–Crippen MR) is 180 cm³/mol. The number of hydrogen-bond acceptors (Lipinski definition) is 6. The fourth-order valence-corrected chi connectivity index (χ4v) is 6.95. The summed E-state index contributed by atoms with van der Waals surface area (Å²) in [4.78, 5) is 31.9. The molecular weight excluding hydrogens is 584 g/mol. The lowest BCUT2D eigenvalue weighted by Crippen LogP contribution is -2.58. The van der Waals surface area contributed by atoms with E-state index in [0.717, 1.165) is 50.7 Å². The van der Waals surface area contributed by atoms with Gasteiger partial charge in [-0.3, -0.25) is 9.59 Å². The van der Waals surface area contributed by atoms with Crippen molar-refractivity contribution in [1.82, 2.24) is 26.2 Å². The van der Waals surface area contributed by atoms with Crippen LogP contribution in [-0.2, 0) is 35.5 Å². The Labute approximate surface area is 271 Å². The third-order valence-electron chi connectivity index (χ3n) is 9.50. The number of anilines is 1. The van der Waals surface area contributed by atoms with Gasteiger partial charge in [-0.15, -0.1) is 0 Å². The highest BCUT2D eigenvalue weighted by molar-refractivity contribution is 6.30. The Balaban J connectivity index is 1.08. The van der Waals surface area contributed by atoms with E-state index in [9.17, 15) is 9.59 Å². The molecule has 6 rings (SSSR count). The summed E-state index contributed by atoms with van der Waals surface area (Å²) >= 11 is 6.13. The van der Waals surface area contributed by atoms with Crippen molar-refractivity contribution in [2.24, 2.45) is 5.92 Å². The molecule has 3 aromatic carbocycles. The highest BCUT2D eigenvalue weighted by Gasteiger charge is 2.32. The second kappa shape index (κ2) is 15.2. The molecule has 3 aliphatic heterocycles. The van der Waals surface area contributed by atoms with Crippen LogP contribution < -0.4 is 26.2 Å². The number of benzene rings is 3. The van der Waals surface area contributed by atoms with Crippen LogP contribution in [0.1, 0.15) is 35.1 Å². The largest absolute Gasteiger partial charge is 0.368 e. The molecule has 3 aromatic rings. The van der Waals surface area contributed by atoms with Crippen LogP contribution >= 0.6 is 11.6 Å². The van der Waals surface area contributed by atoms with Gasteiger partial charge in [0.1, 0.15) is 6.04 Å². The molecule has 4 N–H and O–H groups in total. The fourth-order valence-electron chi connectivity index (χ4n) is 6.82. The molecule has 8 nitrogen and oxygen atoms in total. The standard InChI is InChI=1S/C36H45ClN6O2/c37-31-11-9-26(10-12-31)21-33(41-35(44)32-22-28-5-1-2-6-29(28)25-40-32)36(45)43-19-17-42(18-20-43)34-8-4-3-7-30(34)24-39-23-27-13-15-38-16-14-27/h1-12,27,32-33,38-40H,13-25H2,(H,41,44)/t32-,33-/m1/s1. The first-order chi connectivity index (χ1) is 22.0. The molecule has 9 heteroatoms. The maximum atomic E-state index is 14.0. The van der Waals surface area contributed by atoms with Crippen molar-refractivity contribution in [2.75, 3.05) is 50.7 Å². The molecule has 0 aromatic heterocycles. The van der Waals surface area contributed by atoms with Gasteiger partial charge < -0.3 is 31.1 Å². The van der Waals surface area contributed by atoms with Crippen LogP contribution in [0, 0.1) is 5.92 Å². The number of halogens is 1. The topological polar surface area (TPSA) is 88.7 Å². The Hall–Kier alpha value is -3.43. The molecule has 2 amide bonds. The molecule has 0 aliphatic carbocycles.